The van der Waals surface area contributed by atoms with E-state index >= 15 is 0 Å². The summed E-state index contributed by atoms with van der Waals surface area (Å²) in [5, 5.41) is 7.63. The number of sulfonamides is 1. The van der Waals surface area contributed by atoms with Crippen LogP contribution in [0.5, 0.6) is 0 Å². The molecule has 0 heterocycles. The van der Waals surface area contributed by atoms with Gasteiger partial charge >= 0.3 is 0 Å². The Morgan fingerprint density at radius 2 is 1.54 bits per heavy atom. The number of carbonyl (C=O) groups is 2. The molecule has 0 aliphatic rings. The Labute approximate surface area is 140 Å². The Kier molecular flexibility index (Phi) is 5.16. The molecule has 0 fully saturated rings. The molecule has 2 aromatic rings. The van der Waals surface area contributed by atoms with Gasteiger partial charge in [0.25, 0.3) is 5.91 Å². The predicted octanol–water partition coefficient (Wildman–Crippen LogP) is 1.70. The highest BCUT2D eigenvalue weighted by Crippen LogP contribution is 2.16. The van der Waals surface area contributed by atoms with Crippen LogP contribution in [0.15, 0.2) is 53.4 Å². The lowest BCUT2D eigenvalue weighted by atomic mass is 10.1. The molecule has 1 atom stereocenters. The van der Waals surface area contributed by atoms with Crippen molar-refractivity contribution in [2.45, 2.75) is 24.8 Å². The maximum atomic E-state index is 12.1. The number of rotatable bonds is 5. The second kappa shape index (κ2) is 6.94. The summed E-state index contributed by atoms with van der Waals surface area (Å²) in [7, 11) is -3.76. The Hall–Kier alpha value is -2.51. The fourth-order valence-electron chi connectivity index (χ4n) is 2.13. The molecule has 3 N–H and O–H groups in total. The molecule has 1 amide bonds. The van der Waals surface area contributed by atoms with Crippen LogP contribution >= 0.6 is 0 Å². The van der Waals surface area contributed by atoms with E-state index in [4.69, 9.17) is 5.14 Å². The van der Waals surface area contributed by atoms with Gasteiger partial charge in [0.15, 0.2) is 0 Å². The smallest absolute Gasteiger partial charge is 0.292 e. The van der Waals surface area contributed by atoms with Crippen LogP contribution in [-0.2, 0) is 14.8 Å². The van der Waals surface area contributed by atoms with E-state index in [9.17, 15) is 18.0 Å². The minimum atomic E-state index is -3.76. The summed E-state index contributed by atoms with van der Waals surface area (Å²) in [6.45, 7) is 3.59. The number of ketones is 1. The van der Waals surface area contributed by atoms with E-state index in [1.54, 1.807) is 43.3 Å². The van der Waals surface area contributed by atoms with E-state index in [-0.39, 0.29) is 4.90 Å². The Morgan fingerprint density at radius 1 is 1.00 bits per heavy atom. The number of hydrogen-bond acceptors (Lipinski definition) is 4. The Bertz CT molecular complexity index is 856. The van der Waals surface area contributed by atoms with E-state index in [0.717, 1.165) is 5.56 Å². The lowest BCUT2D eigenvalue weighted by Crippen LogP contribution is -2.33. The van der Waals surface area contributed by atoms with Crippen molar-refractivity contribution in [3.63, 3.8) is 0 Å². The second-order valence-electron chi connectivity index (χ2n) is 5.50. The van der Waals surface area contributed by atoms with Gasteiger partial charge in [-0.1, -0.05) is 42.0 Å². The van der Waals surface area contributed by atoms with Crippen LogP contribution in [0.25, 0.3) is 0 Å². The van der Waals surface area contributed by atoms with Crippen molar-refractivity contribution < 1.29 is 18.0 Å². The molecule has 24 heavy (non-hydrogen) atoms. The van der Waals surface area contributed by atoms with Crippen LogP contribution in [-0.4, -0.2) is 20.1 Å². The van der Waals surface area contributed by atoms with Crippen LogP contribution in [0, 0.1) is 6.92 Å². The number of Topliss-reactive ketones (excluding diaryl/α,β-unsaturated/α-hetero) is 1. The van der Waals surface area contributed by atoms with Crippen LogP contribution in [0.1, 0.15) is 34.5 Å². The van der Waals surface area contributed by atoms with Gasteiger partial charge in [-0.15, -0.1) is 0 Å². The molecule has 2 rings (SSSR count). The van der Waals surface area contributed by atoms with Gasteiger partial charge in [-0.25, -0.2) is 13.6 Å². The first-order chi connectivity index (χ1) is 11.2. The molecule has 0 saturated heterocycles. The summed E-state index contributed by atoms with van der Waals surface area (Å²) in [6, 6.07) is 12.1. The molecule has 0 spiro atoms. The highest BCUT2D eigenvalue weighted by atomic mass is 32.2. The fourth-order valence-corrected chi connectivity index (χ4v) is 2.64. The van der Waals surface area contributed by atoms with Crippen molar-refractivity contribution in [2.24, 2.45) is 5.14 Å². The third-order valence-electron chi connectivity index (χ3n) is 3.58. The van der Waals surface area contributed by atoms with E-state index in [0.29, 0.717) is 11.1 Å². The molecule has 0 aliphatic heterocycles. The second-order valence-corrected chi connectivity index (χ2v) is 7.07. The first-order valence-electron chi connectivity index (χ1n) is 7.23. The van der Waals surface area contributed by atoms with E-state index < -0.39 is 27.8 Å². The Morgan fingerprint density at radius 3 is 2.04 bits per heavy atom. The molecule has 2 aromatic carbocycles. The van der Waals surface area contributed by atoms with Crippen LogP contribution in [0.3, 0.4) is 0 Å². The first kappa shape index (κ1) is 17.8. The molecular formula is C17H18N2O4S. The standard InChI is InChI=1S/C17H18N2O4S/c1-11-3-5-14(6-4-11)16(20)17(21)19-12(2)13-7-9-15(10-8-13)24(18,22)23/h3-10,12H,1-2H3,(H,19,21)(H2,18,22,23). The van der Waals surface area contributed by atoms with Crippen molar-refractivity contribution >= 4 is 21.7 Å². The molecule has 7 heteroatoms. The minimum Gasteiger partial charge on any atom is -0.343 e. The molecule has 126 valence electrons. The predicted molar refractivity (Wildman–Crippen MR) is 89.9 cm³/mol. The van der Waals surface area contributed by atoms with Crippen molar-refractivity contribution in [3.05, 3.63) is 65.2 Å². The number of hydrogen-bond donors (Lipinski definition) is 2. The molecule has 0 radical (unpaired) electrons. The minimum absolute atomic E-state index is 0.0134. The summed E-state index contributed by atoms with van der Waals surface area (Å²) in [5.74, 6) is -1.34. The quantitative estimate of drug-likeness (QED) is 0.635. The van der Waals surface area contributed by atoms with Gasteiger partial charge in [-0.3, -0.25) is 9.59 Å². The number of carbonyl (C=O) groups excluding carboxylic acids is 2. The van der Waals surface area contributed by atoms with Crippen LogP contribution in [0.2, 0.25) is 0 Å². The average molecular weight is 346 g/mol. The number of aryl methyl sites for hydroxylation is 1. The van der Waals surface area contributed by atoms with Crippen molar-refractivity contribution in [1.82, 2.24) is 5.32 Å². The summed E-state index contributed by atoms with van der Waals surface area (Å²) < 4.78 is 22.5. The third kappa shape index (κ3) is 4.27. The van der Waals surface area contributed by atoms with Gasteiger partial charge in [0.1, 0.15) is 0 Å². The zero-order chi connectivity index (χ0) is 17.9. The van der Waals surface area contributed by atoms with Crippen molar-refractivity contribution in [3.8, 4) is 0 Å². The van der Waals surface area contributed by atoms with Gasteiger partial charge in [0, 0.05) is 5.56 Å². The summed E-state index contributed by atoms with van der Waals surface area (Å²) in [6.07, 6.45) is 0. The SMILES string of the molecule is Cc1ccc(C(=O)C(=O)NC(C)c2ccc(S(N)(=O)=O)cc2)cc1. The van der Waals surface area contributed by atoms with Crippen molar-refractivity contribution in [1.29, 1.82) is 0 Å². The number of nitrogens with one attached hydrogen (secondary N) is 1. The molecule has 1 unspecified atom stereocenters. The fraction of sp³-hybridized carbons (Fsp3) is 0.176. The topological polar surface area (TPSA) is 106 Å². The van der Waals surface area contributed by atoms with Gasteiger partial charge in [-0.2, -0.15) is 0 Å². The van der Waals surface area contributed by atoms with Crippen LogP contribution in [0.4, 0.5) is 0 Å². The highest BCUT2D eigenvalue weighted by molar-refractivity contribution is 7.89. The number of amides is 1. The third-order valence-corrected chi connectivity index (χ3v) is 4.51. The lowest BCUT2D eigenvalue weighted by Gasteiger charge is -2.14. The maximum absolute atomic E-state index is 12.1. The monoisotopic (exact) mass is 346 g/mol. The normalized spacial score (nSPS) is 12.5. The zero-order valence-corrected chi connectivity index (χ0v) is 14.1. The number of primary sulfonamides is 1. The largest absolute Gasteiger partial charge is 0.343 e. The van der Waals surface area contributed by atoms with E-state index in [1.807, 2.05) is 6.92 Å². The van der Waals surface area contributed by atoms with Crippen LogP contribution < -0.4 is 10.5 Å². The average Bonchev–Trinajstić information content (AvgIpc) is 2.54. The van der Waals surface area contributed by atoms with Gasteiger partial charge in [-0.05, 0) is 31.5 Å². The molecule has 0 aliphatic carbocycles. The van der Waals surface area contributed by atoms with Gasteiger partial charge < -0.3 is 5.32 Å². The van der Waals surface area contributed by atoms with Crippen molar-refractivity contribution in [2.75, 3.05) is 0 Å². The Balaban J connectivity index is 2.08. The van der Waals surface area contributed by atoms with Gasteiger partial charge in [0.2, 0.25) is 15.8 Å². The maximum Gasteiger partial charge on any atom is 0.292 e. The zero-order valence-electron chi connectivity index (χ0n) is 13.3. The summed E-state index contributed by atoms with van der Waals surface area (Å²) in [4.78, 5) is 24.1. The number of nitrogens with two attached hydrogens (primary N) is 1. The van der Waals surface area contributed by atoms with E-state index in [2.05, 4.69) is 5.32 Å². The molecule has 0 saturated carbocycles. The summed E-state index contributed by atoms with van der Waals surface area (Å²) in [5.41, 5.74) is 1.97. The number of benzene rings is 2. The molecule has 0 aromatic heterocycles. The highest BCUT2D eigenvalue weighted by Gasteiger charge is 2.19. The lowest BCUT2D eigenvalue weighted by molar-refractivity contribution is -0.117. The summed E-state index contributed by atoms with van der Waals surface area (Å²) >= 11 is 0. The molecule has 6 nitrogen and oxygen atoms in total. The van der Waals surface area contributed by atoms with Gasteiger partial charge in [0.05, 0.1) is 10.9 Å². The molecule has 0 bridgehead atoms. The molecular weight excluding hydrogens is 328 g/mol. The van der Waals surface area contributed by atoms with E-state index in [1.165, 1.54) is 12.1 Å². The first-order valence-corrected chi connectivity index (χ1v) is 8.78.